The van der Waals surface area contributed by atoms with Crippen LogP contribution in [0.3, 0.4) is 0 Å². The highest BCUT2D eigenvalue weighted by Gasteiger charge is 2.12. The summed E-state index contributed by atoms with van der Waals surface area (Å²) in [5.74, 6) is -1.11. The molecule has 0 aromatic heterocycles. The van der Waals surface area contributed by atoms with Crippen LogP contribution < -0.4 is 0 Å². The Morgan fingerprint density at radius 3 is 2.43 bits per heavy atom. The minimum atomic E-state index is -0.936. The number of Topliss-reactive ketones (excluding diaryl/α,β-unsaturated/α-hetero) is 1. The fourth-order valence-electron chi connectivity index (χ4n) is 0.947. The maximum Gasteiger partial charge on any atom is 0.303 e. The van der Waals surface area contributed by atoms with Gasteiger partial charge in [0.05, 0.1) is 6.42 Å². The topological polar surface area (TPSA) is 54.4 Å². The lowest BCUT2D eigenvalue weighted by atomic mass is 9.99. The molecule has 0 aliphatic rings. The Kier molecular flexibility index (Phi) is 6.21. The predicted octanol–water partition coefficient (Wildman–Crippen LogP) is 2.59. The van der Waals surface area contributed by atoms with Crippen molar-refractivity contribution in [1.29, 1.82) is 0 Å². The summed E-state index contributed by atoms with van der Waals surface area (Å²) < 4.78 is 0. The summed E-state index contributed by atoms with van der Waals surface area (Å²) in [6.07, 6.45) is 2.36. The number of carboxylic acids is 1. The first-order valence-corrected chi connectivity index (χ1v) is 4.88. The van der Waals surface area contributed by atoms with Gasteiger partial charge in [0.25, 0.3) is 0 Å². The van der Waals surface area contributed by atoms with Gasteiger partial charge in [0.1, 0.15) is 5.78 Å². The molecular weight excluding hydrogens is 204 g/mol. The first-order valence-electron chi connectivity index (χ1n) is 4.50. The summed E-state index contributed by atoms with van der Waals surface area (Å²) in [7, 11) is 0. The van der Waals surface area contributed by atoms with Gasteiger partial charge in [-0.05, 0) is 13.3 Å². The van der Waals surface area contributed by atoms with Crippen LogP contribution in [0.15, 0.2) is 11.1 Å². The van der Waals surface area contributed by atoms with E-state index in [2.05, 4.69) is 0 Å². The van der Waals surface area contributed by atoms with Crippen molar-refractivity contribution in [3.63, 3.8) is 0 Å². The van der Waals surface area contributed by atoms with Crippen LogP contribution in [0.1, 0.15) is 33.1 Å². The second-order valence-electron chi connectivity index (χ2n) is 3.29. The molecule has 3 nitrogen and oxygen atoms in total. The molecule has 0 aliphatic heterocycles. The van der Waals surface area contributed by atoms with Crippen LogP contribution in [-0.4, -0.2) is 16.9 Å². The Balaban J connectivity index is 3.88. The summed E-state index contributed by atoms with van der Waals surface area (Å²) in [6, 6.07) is 0. The van der Waals surface area contributed by atoms with Gasteiger partial charge < -0.3 is 5.11 Å². The molecule has 0 radical (unpaired) electrons. The molecule has 14 heavy (non-hydrogen) atoms. The molecule has 0 spiro atoms. The van der Waals surface area contributed by atoms with E-state index in [1.54, 1.807) is 19.9 Å². The van der Waals surface area contributed by atoms with E-state index >= 15 is 0 Å². The number of carboxylic acid groups (broad SMARTS) is 1. The van der Waals surface area contributed by atoms with E-state index in [0.717, 1.165) is 0 Å². The molecule has 0 bridgehead atoms. The summed E-state index contributed by atoms with van der Waals surface area (Å²) >= 11 is 5.61. The maximum atomic E-state index is 11.3. The zero-order chi connectivity index (χ0) is 11.1. The van der Waals surface area contributed by atoms with Crippen molar-refractivity contribution in [1.82, 2.24) is 0 Å². The van der Waals surface area contributed by atoms with Crippen molar-refractivity contribution < 1.29 is 14.7 Å². The number of hydrogen-bond acceptors (Lipinski definition) is 2. The Morgan fingerprint density at radius 1 is 1.43 bits per heavy atom. The van der Waals surface area contributed by atoms with E-state index in [4.69, 9.17) is 16.7 Å². The van der Waals surface area contributed by atoms with Gasteiger partial charge in [-0.25, -0.2) is 0 Å². The number of rotatable bonds is 6. The second kappa shape index (κ2) is 6.60. The van der Waals surface area contributed by atoms with Crippen molar-refractivity contribution in [2.24, 2.45) is 5.92 Å². The van der Waals surface area contributed by atoms with Gasteiger partial charge in [-0.15, -0.1) is 0 Å². The van der Waals surface area contributed by atoms with E-state index in [0.29, 0.717) is 11.5 Å². The van der Waals surface area contributed by atoms with Crippen molar-refractivity contribution >= 4 is 23.4 Å². The molecule has 0 aliphatic carbocycles. The summed E-state index contributed by atoms with van der Waals surface area (Å²) in [5, 5.41) is 9.03. The first kappa shape index (κ1) is 13.2. The fraction of sp³-hybridized carbons (Fsp3) is 0.600. The largest absolute Gasteiger partial charge is 0.481 e. The molecule has 1 N–H and O–H groups in total. The summed E-state index contributed by atoms with van der Waals surface area (Å²) in [5.41, 5.74) is 0. The lowest BCUT2D eigenvalue weighted by Gasteiger charge is -2.06. The quantitative estimate of drug-likeness (QED) is 0.746. The van der Waals surface area contributed by atoms with Crippen LogP contribution >= 0.6 is 11.6 Å². The number of carbonyl (C=O) groups excluding carboxylic acids is 1. The third-order valence-electron chi connectivity index (χ3n) is 1.89. The molecule has 0 fully saturated rings. The molecule has 0 saturated carbocycles. The summed E-state index contributed by atoms with van der Waals surface area (Å²) in [4.78, 5) is 21.5. The Morgan fingerprint density at radius 2 is 2.00 bits per heavy atom. The number of allylic oxidation sites excluding steroid dienone is 2. The van der Waals surface area contributed by atoms with Gasteiger partial charge in [-0.3, -0.25) is 9.59 Å². The average molecular weight is 219 g/mol. The Labute approximate surface area is 88.8 Å². The van der Waals surface area contributed by atoms with Crippen molar-refractivity contribution in [2.75, 3.05) is 0 Å². The molecule has 80 valence electrons. The third-order valence-corrected chi connectivity index (χ3v) is 2.04. The molecule has 4 heteroatoms. The van der Waals surface area contributed by atoms with E-state index in [-0.39, 0.29) is 24.5 Å². The number of halogens is 1. The second-order valence-corrected chi connectivity index (χ2v) is 3.88. The van der Waals surface area contributed by atoms with E-state index in [1.165, 1.54) is 0 Å². The maximum absolute atomic E-state index is 11.3. The molecule has 1 atom stereocenters. The zero-order valence-electron chi connectivity index (χ0n) is 8.42. The molecular formula is C10H15ClO3. The van der Waals surface area contributed by atoms with Crippen LogP contribution in [0.2, 0.25) is 0 Å². The molecule has 0 aromatic rings. The van der Waals surface area contributed by atoms with E-state index in [1.807, 2.05) is 0 Å². The highest BCUT2D eigenvalue weighted by atomic mass is 35.5. The predicted molar refractivity (Wildman–Crippen MR) is 55.3 cm³/mol. The zero-order valence-corrected chi connectivity index (χ0v) is 9.17. The van der Waals surface area contributed by atoms with Crippen molar-refractivity contribution in [3.8, 4) is 0 Å². The molecule has 0 rings (SSSR count). The van der Waals surface area contributed by atoms with Crippen LogP contribution in [0, 0.1) is 5.92 Å². The van der Waals surface area contributed by atoms with Gasteiger partial charge in [0, 0.05) is 17.4 Å². The van der Waals surface area contributed by atoms with Crippen LogP contribution in [0.4, 0.5) is 0 Å². The highest BCUT2D eigenvalue weighted by Crippen LogP contribution is 2.11. The van der Waals surface area contributed by atoms with Gasteiger partial charge >= 0.3 is 5.97 Å². The number of hydrogen-bond donors (Lipinski definition) is 1. The average Bonchev–Trinajstić information content (AvgIpc) is 2.09. The van der Waals surface area contributed by atoms with Gasteiger partial charge in [0.2, 0.25) is 0 Å². The number of aliphatic carboxylic acids is 1. The van der Waals surface area contributed by atoms with Crippen LogP contribution in [0.25, 0.3) is 0 Å². The molecule has 0 amide bonds. The normalized spacial score (nSPS) is 13.8. The van der Waals surface area contributed by atoms with E-state index in [9.17, 15) is 9.59 Å². The lowest BCUT2D eigenvalue weighted by molar-refractivity contribution is -0.139. The highest BCUT2D eigenvalue weighted by molar-refractivity contribution is 6.29. The van der Waals surface area contributed by atoms with Crippen LogP contribution in [0.5, 0.6) is 0 Å². The lowest BCUT2D eigenvalue weighted by Crippen LogP contribution is -2.11. The van der Waals surface area contributed by atoms with Crippen LogP contribution in [-0.2, 0) is 9.59 Å². The molecule has 0 heterocycles. The summed E-state index contributed by atoms with van der Waals surface area (Å²) in [6.45, 7) is 3.52. The first-order chi connectivity index (χ1) is 6.43. The SMILES string of the molecule is CC(Cl)=CCC(C)C(=O)CCC(=O)O. The monoisotopic (exact) mass is 218 g/mol. The number of ketones is 1. The van der Waals surface area contributed by atoms with Gasteiger partial charge in [-0.1, -0.05) is 24.6 Å². The Hall–Kier alpha value is -0.830. The minimum Gasteiger partial charge on any atom is -0.481 e. The fourth-order valence-corrected chi connectivity index (χ4v) is 1.04. The molecule has 0 saturated heterocycles. The van der Waals surface area contributed by atoms with E-state index < -0.39 is 5.97 Å². The third kappa shape index (κ3) is 6.66. The van der Waals surface area contributed by atoms with Crippen molar-refractivity contribution in [3.05, 3.63) is 11.1 Å². The number of carbonyl (C=O) groups is 2. The van der Waals surface area contributed by atoms with Crippen molar-refractivity contribution in [2.45, 2.75) is 33.1 Å². The standard InChI is InChI=1S/C10H15ClO3/c1-7(3-4-8(2)11)9(12)5-6-10(13)14/h4,7H,3,5-6H2,1-2H3,(H,13,14). The smallest absolute Gasteiger partial charge is 0.303 e. The Bertz CT molecular complexity index is 242. The molecule has 0 aromatic carbocycles. The van der Waals surface area contributed by atoms with Gasteiger partial charge in [0.15, 0.2) is 0 Å². The van der Waals surface area contributed by atoms with Gasteiger partial charge in [-0.2, -0.15) is 0 Å². The molecule has 1 unspecified atom stereocenters. The minimum absolute atomic E-state index is 0.0263.